The van der Waals surface area contributed by atoms with Crippen molar-refractivity contribution in [1.29, 1.82) is 0 Å². The molecule has 0 aromatic heterocycles. The van der Waals surface area contributed by atoms with Gasteiger partial charge in [0.2, 0.25) is 5.91 Å². The molecular formula is C27H40ClN3O3. The highest BCUT2D eigenvalue weighted by Crippen LogP contribution is 2.40. The van der Waals surface area contributed by atoms with Crippen LogP contribution >= 0.6 is 11.6 Å². The SMILES string of the molecule is CCCCNC.ClC1=CC=C(C2CC2)CC1.O=C(NCC(=O)N1CCOCC1)c1ccccc1. The Balaban J connectivity index is 0.000000213. The fourth-order valence-corrected chi connectivity index (χ4v) is 3.71. The van der Waals surface area contributed by atoms with E-state index in [1.54, 1.807) is 34.7 Å². The molecule has 34 heavy (non-hydrogen) atoms. The first-order chi connectivity index (χ1) is 16.5. The molecule has 3 aliphatic rings. The van der Waals surface area contributed by atoms with Crippen molar-refractivity contribution in [3.63, 3.8) is 0 Å². The normalized spacial score (nSPS) is 17.2. The Morgan fingerprint density at radius 3 is 2.32 bits per heavy atom. The highest BCUT2D eigenvalue weighted by atomic mass is 35.5. The van der Waals surface area contributed by atoms with Crippen LogP contribution in [0.4, 0.5) is 0 Å². The van der Waals surface area contributed by atoms with Crippen LogP contribution in [0.25, 0.3) is 0 Å². The fraction of sp³-hybridized carbons (Fsp3) is 0.556. The van der Waals surface area contributed by atoms with E-state index in [0.29, 0.717) is 31.9 Å². The van der Waals surface area contributed by atoms with Gasteiger partial charge in [-0.15, -0.1) is 0 Å². The van der Waals surface area contributed by atoms with E-state index >= 15 is 0 Å². The fourth-order valence-electron chi connectivity index (χ4n) is 3.55. The summed E-state index contributed by atoms with van der Waals surface area (Å²) in [5.74, 6) is 0.640. The van der Waals surface area contributed by atoms with Gasteiger partial charge >= 0.3 is 0 Å². The van der Waals surface area contributed by atoms with Crippen molar-refractivity contribution in [1.82, 2.24) is 15.5 Å². The van der Waals surface area contributed by atoms with Crippen molar-refractivity contribution in [3.05, 3.63) is 58.7 Å². The Labute approximate surface area is 209 Å². The molecule has 2 N–H and O–H groups in total. The largest absolute Gasteiger partial charge is 0.378 e. The number of unbranched alkanes of at least 4 members (excludes halogenated alkanes) is 1. The maximum Gasteiger partial charge on any atom is 0.251 e. The van der Waals surface area contributed by atoms with Gasteiger partial charge in [-0.05, 0) is 69.8 Å². The van der Waals surface area contributed by atoms with Gasteiger partial charge in [0.1, 0.15) is 0 Å². The summed E-state index contributed by atoms with van der Waals surface area (Å²) in [6, 6.07) is 8.86. The second kappa shape index (κ2) is 16.5. The van der Waals surface area contributed by atoms with Gasteiger partial charge in [0.15, 0.2) is 0 Å². The highest BCUT2D eigenvalue weighted by molar-refractivity contribution is 6.29. The molecule has 1 heterocycles. The van der Waals surface area contributed by atoms with E-state index in [1.165, 1.54) is 32.1 Å². The minimum atomic E-state index is -0.225. The zero-order chi connectivity index (χ0) is 24.6. The predicted octanol–water partition coefficient (Wildman–Crippen LogP) is 4.52. The number of hydrogen-bond acceptors (Lipinski definition) is 4. The first-order valence-corrected chi connectivity index (χ1v) is 12.8. The van der Waals surface area contributed by atoms with E-state index in [9.17, 15) is 9.59 Å². The number of morpholine rings is 1. The van der Waals surface area contributed by atoms with Crippen LogP contribution in [-0.4, -0.2) is 63.2 Å². The number of nitrogens with one attached hydrogen (secondary N) is 2. The van der Waals surface area contributed by atoms with E-state index in [4.69, 9.17) is 16.3 Å². The van der Waals surface area contributed by atoms with Crippen LogP contribution in [-0.2, 0) is 9.53 Å². The first kappa shape index (κ1) is 28.1. The maximum absolute atomic E-state index is 11.8. The standard InChI is InChI=1S/C13H16N2O3.C9H11Cl.C5H13N/c16-12(15-6-8-18-9-7-15)10-14-13(17)11-4-2-1-3-5-11;10-9-5-3-8(4-6-9)7-1-2-7;1-3-4-5-6-2/h1-5H,6-10H2,(H,14,17);3,5,7H,1-2,4,6H2;6H,3-5H2,1-2H3. The zero-order valence-corrected chi connectivity index (χ0v) is 21.4. The van der Waals surface area contributed by atoms with Crippen molar-refractivity contribution >= 4 is 23.4 Å². The third kappa shape index (κ3) is 11.3. The number of carbonyl (C=O) groups is 2. The van der Waals surface area contributed by atoms with Gasteiger partial charge in [0.25, 0.3) is 5.91 Å². The molecular weight excluding hydrogens is 450 g/mol. The van der Waals surface area contributed by atoms with Crippen LogP contribution < -0.4 is 10.6 Å². The topological polar surface area (TPSA) is 70.7 Å². The summed E-state index contributed by atoms with van der Waals surface area (Å²) in [6.07, 6.45) is 12.0. The average Bonchev–Trinajstić information content (AvgIpc) is 3.74. The number of rotatable bonds is 7. The molecule has 0 spiro atoms. The molecule has 2 amide bonds. The van der Waals surface area contributed by atoms with Crippen LogP contribution in [0.15, 0.2) is 53.1 Å². The first-order valence-electron chi connectivity index (χ1n) is 12.4. The lowest BCUT2D eigenvalue weighted by Crippen LogP contribution is -2.45. The predicted molar refractivity (Wildman–Crippen MR) is 139 cm³/mol. The quantitative estimate of drug-likeness (QED) is 0.552. The Morgan fingerprint density at radius 1 is 1.09 bits per heavy atom. The lowest BCUT2D eigenvalue weighted by molar-refractivity contribution is -0.134. The van der Waals surface area contributed by atoms with Crippen molar-refractivity contribution in [2.45, 2.75) is 45.4 Å². The maximum atomic E-state index is 11.8. The molecule has 1 saturated carbocycles. The van der Waals surface area contributed by atoms with Gasteiger partial charge in [-0.25, -0.2) is 0 Å². The molecule has 188 valence electrons. The third-order valence-electron chi connectivity index (χ3n) is 5.81. The Hall–Kier alpha value is -2.15. The van der Waals surface area contributed by atoms with E-state index in [1.807, 2.05) is 13.1 Å². The number of amides is 2. The van der Waals surface area contributed by atoms with Crippen LogP contribution in [0.2, 0.25) is 0 Å². The Kier molecular flexibility index (Phi) is 13.6. The van der Waals surface area contributed by atoms with E-state index in [2.05, 4.69) is 29.7 Å². The Morgan fingerprint density at radius 2 is 1.79 bits per heavy atom. The zero-order valence-electron chi connectivity index (χ0n) is 20.7. The third-order valence-corrected chi connectivity index (χ3v) is 6.13. The summed E-state index contributed by atoms with van der Waals surface area (Å²) in [4.78, 5) is 25.2. The molecule has 0 bridgehead atoms. The van der Waals surface area contributed by atoms with Crippen molar-refractivity contribution in [2.75, 3.05) is 46.4 Å². The summed E-state index contributed by atoms with van der Waals surface area (Å²) in [5.41, 5.74) is 2.19. The summed E-state index contributed by atoms with van der Waals surface area (Å²) in [7, 11) is 1.98. The lowest BCUT2D eigenvalue weighted by Gasteiger charge is -2.26. The average molecular weight is 490 g/mol. The van der Waals surface area contributed by atoms with Gasteiger partial charge in [-0.2, -0.15) is 0 Å². The van der Waals surface area contributed by atoms with Gasteiger partial charge in [-0.3, -0.25) is 9.59 Å². The molecule has 1 aliphatic heterocycles. The molecule has 1 aromatic rings. The second-order valence-corrected chi connectivity index (χ2v) is 9.11. The van der Waals surface area contributed by atoms with Gasteiger partial charge in [0.05, 0.1) is 19.8 Å². The van der Waals surface area contributed by atoms with Gasteiger partial charge < -0.3 is 20.3 Å². The second-order valence-electron chi connectivity index (χ2n) is 8.63. The monoisotopic (exact) mass is 489 g/mol. The molecule has 0 atom stereocenters. The minimum Gasteiger partial charge on any atom is -0.378 e. The van der Waals surface area contributed by atoms with Crippen LogP contribution in [0, 0.1) is 5.92 Å². The summed E-state index contributed by atoms with van der Waals surface area (Å²) >= 11 is 5.82. The van der Waals surface area contributed by atoms with Crippen LogP contribution in [0.3, 0.4) is 0 Å². The molecule has 0 unspecified atom stereocenters. The van der Waals surface area contributed by atoms with Crippen LogP contribution in [0.5, 0.6) is 0 Å². The van der Waals surface area contributed by atoms with Crippen molar-refractivity contribution in [3.8, 4) is 0 Å². The number of halogens is 1. The lowest BCUT2D eigenvalue weighted by atomic mass is 10.0. The number of allylic oxidation sites excluding steroid dienone is 4. The van der Waals surface area contributed by atoms with E-state index in [0.717, 1.165) is 23.9 Å². The van der Waals surface area contributed by atoms with E-state index in [-0.39, 0.29) is 18.4 Å². The summed E-state index contributed by atoms with van der Waals surface area (Å²) in [6.45, 7) is 5.72. The Bertz CT molecular complexity index is 797. The molecule has 0 radical (unpaired) electrons. The number of ether oxygens (including phenoxy) is 1. The molecule has 4 rings (SSSR count). The van der Waals surface area contributed by atoms with Gasteiger partial charge in [-0.1, -0.05) is 54.8 Å². The van der Waals surface area contributed by atoms with Crippen molar-refractivity contribution in [2.24, 2.45) is 5.92 Å². The van der Waals surface area contributed by atoms with Crippen LogP contribution in [0.1, 0.15) is 55.8 Å². The number of hydrogen-bond donors (Lipinski definition) is 2. The summed E-state index contributed by atoms with van der Waals surface area (Å²) < 4.78 is 5.16. The van der Waals surface area contributed by atoms with E-state index < -0.39 is 0 Å². The van der Waals surface area contributed by atoms with Gasteiger partial charge in [0, 0.05) is 23.7 Å². The molecule has 7 heteroatoms. The molecule has 2 fully saturated rings. The number of nitrogens with zero attached hydrogens (tertiary/aromatic N) is 1. The molecule has 1 aromatic carbocycles. The smallest absolute Gasteiger partial charge is 0.251 e. The highest BCUT2D eigenvalue weighted by Gasteiger charge is 2.26. The molecule has 1 saturated heterocycles. The molecule has 6 nitrogen and oxygen atoms in total. The summed E-state index contributed by atoms with van der Waals surface area (Å²) in [5, 5.41) is 6.71. The van der Waals surface area contributed by atoms with Crippen molar-refractivity contribution < 1.29 is 14.3 Å². The number of carbonyl (C=O) groups excluding carboxylic acids is 2. The minimum absolute atomic E-state index is 0.0354. The molecule has 2 aliphatic carbocycles. The number of benzene rings is 1.